The number of nitriles is 1. The number of nitrogens with one attached hydrogen (secondary N) is 2. The molecule has 20 heavy (non-hydrogen) atoms. The van der Waals surface area contributed by atoms with Gasteiger partial charge in [0.05, 0.1) is 12.0 Å². The number of anilines is 1. The number of benzene rings is 1. The number of primary amides is 1. The Kier molecular flexibility index (Phi) is 4.59. The third kappa shape index (κ3) is 3.49. The second-order valence-electron chi connectivity index (χ2n) is 5.27. The van der Waals surface area contributed by atoms with Crippen molar-refractivity contribution in [1.82, 2.24) is 5.32 Å². The molecule has 0 spiro atoms. The first-order valence-corrected chi connectivity index (χ1v) is 6.92. The summed E-state index contributed by atoms with van der Waals surface area (Å²) in [5, 5.41) is 15.2. The highest BCUT2D eigenvalue weighted by Crippen LogP contribution is 2.27. The summed E-state index contributed by atoms with van der Waals surface area (Å²) < 4.78 is 0. The number of hydrogen-bond donors (Lipinski definition) is 3. The normalized spacial score (nSPS) is 23.0. The van der Waals surface area contributed by atoms with Gasteiger partial charge < -0.3 is 16.4 Å². The summed E-state index contributed by atoms with van der Waals surface area (Å²) in [6.07, 6.45) is 3.16. The van der Waals surface area contributed by atoms with Gasteiger partial charge in [-0.15, -0.1) is 0 Å². The van der Waals surface area contributed by atoms with Gasteiger partial charge in [-0.1, -0.05) is 18.6 Å². The van der Waals surface area contributed by atoms with Crippen LogP contribution in [0.25, 0.3) is 0 Å². The van der Waals surface area contributed by atoms with Crippen molar-refractivity contribution in [3.05, 3.63) is 29.8 Å². The zero-order chi connectivity index (χ0) is 14.5. The number of hydrogen-bond acceptors (Lipinski definition) is 3. The first-order chi connectivity index (χ1) is 9.60. The summed E-state index contributed by atoms with van der Waals surface area (Å²) in [5.74, 6) is 0.119. The monoisotopic (exact) mass is 272 g/mol. The van der Waals surface area contributed by atoms with E-state index < -0.39 is 6.03 Å². The average molecular weight is 272 g/mol. The Morgan fingerprint density at radius 2 is 2.10 bits per heavy atom. The van der Waals surface area contributed by atoms with E-state index in [1.54, 1.807) is 0 Å². The summed E-state index contributed by atoms with van der Waals surface area (Å²) in [5.41, 5.74) is 6.88. The molecule has 1 aromatic rings. The second kappa shape index (κ2) is 6.40. The van der Waals surface area contributed by atoms with E-state index in [0.29, 0.717) is 5.69 Å². The lowest BCUT2D eigenvalue weighted by Crippen LogP contribution is -2.33. The third-order valence-corrected chi connectivity index (χ3v) is 3.82. The lowest BCUT2D eigenvalue weighted by atomic mass is 10.0. The Bertz CT molecular complexity index is 506. The van der Waals surface area contributed by atoms with Crippen LogP contribution in [0.15, 0.2) is 24.3 Å². The van der Waals surface area contributed by atoms with Crippen molar-refractivity contribution in [2.24, 2.45) is 11.7 Å². The predicted molar refractivity (Wildman–Crippen MR) is 77.9 cm³/mol. The van der Waals surface area contributed by atoms with Crippen LogP contribution in [-0.4, -0.2) is 12.1 Å². The number of urea groups is 1. The maximum atomic E-state index is 10.8. The van der Waals surface area contributed by atoms with Crippen LogP contribution in [0.4, 0.5) is 10.5 Å². The summed E-state index contributed by atoms with van der Waals surface area (Å²) >= 11 is 0. The van der Waals surface area contributed by atoms with Crippen molar-refractivity contribution in [2.75, 3.05) is 5.32 Å². The number of carbonyl (C=O) groups excluding carboxylic acids is 1. The number of nitrogens with two attached hydrogens (primary N) is 1. The molecule has 3 unspecified atom stereocenters. The van der Waals surface area contributed by atoms with E-state index in [2.05, 4.69) is 23.6 Å². The molecule has 5 heteroatoms. The van der Waals surface area contributed by atoms with Gasteiger partial charge in [-0.25, -0.2) is 4.79 Å². The van der Waals surface area contributed by atoms with Gasteiger partial charge in [0.2, 0.25) is 0 Å². The van der Waals surface area contributed by atoms with Crippen LogP contribution in [0.3, 0.4) is 0 Å². The van der Waals surface area contributed by atoms with Gasteiger partial charge in [-0.3, -0.25) is 0 Å². The summed E-state index contributed by atoms with van der Waals surface area (Å²) in [6, 6.07) is 9.84. The molecule has 2 amide bonds. The van der Waals surface area contributed by atoms with Crippen molar-refractivity contribution >= 4 is 11.7 Å². The Morgan fingerprint density at radius 1 is 1.40 bits per heavy atom. The lowest BCUT2D eigenvalue weighted by molar-refractivity contribution is 0.259. The molecule has 0 saturated heterocycles. The van der Waals surface area contributed by atoms with Crippen LogP contribution in [-0.2, 0) is 0 Å². The Balaban J connectivity index is 1.97. The lowest BCUT2D eigenvalue weighted by Gasteiger charge is -2.22. The molecule has 4 N–H and O–H groups in total. The summed E-state index contributed by atoms with van der Waals surface area (Å²) in [7, 11) is 0. The first kappa shape index (κ1) is 14.4. The van der Waals surface area contributed by atoms with Crippen LogP contribution >= 0.6 is 0 Å². The minimum absolute atomic E-state index is 0.119. The molecule has 1 aliphatic carbocycles. The Morgan fingerprint density at radius 3 is 2.70 bits per heavy atom. The first-order valence-electron chi connectivity index (χ1n) is 6.92. The van der Waals surface area contributed by atoms with Crippen LogP contribution in [0, 0.1) is 17.2 Å². The molecule has 3 atom stereocenters. The van der Waals surface area contributed by atoms with Crippen LogP contribution in [0.2, 0.25) is 0 Å². The van der Waals surface area contributed by atoms with Gasteiger partial charge >= 0.3 is 6.03 Å². The van der Waals surface area contributed by atoms with E-state index in [1.165, 1.54) is 0 Å². The van der Waals surface area contributed by atoms with Crippen molar-refractivity contribution in [3.63, 3.8) is 0 Å². The summed E-state index contributed by atoms with van der Waals surface area (Å²) in [6.45, 7) is 2.09. The SMILES string of the molecule is CC(NC1CCCC1C#N)c1ccc(NC(N)=O)cc1. The van der Waals surface area contributed by atoms with Gasteiger partial charge in [-0.05, 0) is 37.5 Å². The molecule has 0 bridgehead atoms. The van der Waals surface area contributed by atoms with Gasteiger partial charge in [0.1, 0.15) is 0 Å². The Hall–Kier alpha value is -2.06. The highest BCUT2D eigenvalue weighted by Gasteiger charge is 2.28. The number of carbonyl (C=O) groups is 1. The van der Waals surface area contributed by atoms with E-state index in [4.69, 9.17) is 11.0 Å². The predicted octanol–water partition coefficient (Wildman–Crippen LogP) is 2.52. The highest BCUT2D eigenvalue weighted by atomic mass is 16.2. The van der Waals surface area contributed by atoms with Crippen LogP contribution in [0.1, 0.15) is 37.8 Å². The van der Waals surface area contributed by atoms with E-state index >= 15 is 0 Å². The van der Waals surface area contributed by atoms with E-state index in [9.17, 15) is 4.79 Å². The molecular weight excluding hydrogens is 252 g/mol. The number of amides is 2. The van der Waals surface area contributed by atoms with Gasteiger partial charge in [-0.2, -0.15) is 5.26 Å². The highest BCUT2D eigenvalue weighted by molar-refractivity contribution is 5.87. The molecule has 0 radical (unpaired) electrons. The maximum absolute atomic E-state index is 10.8. The standard InChI is InChI=1S/C15H20N4O/c1-10(18-14-4-2-3-12(14)9-16)11-5-7-13(8-6-11)19-15(17)20/h5-8,10,12,14,18H,2-4H2,1H3,(H3,17,19,20). The molecule has 1 fully saturated rings. The summed E-state index contributed by atoms with van der Waals surface area (Å²) in [4.78, 5) is 10.8. The molecule has 0 aromatic heterocycles. The number of rotatable bonds is 4. The fourth-order valence-corrected chi connectivity index (χ4v) is 2.73. The molecule has 2 rings (SSSR count). The zero-order valence-electron chi connectivity index (χ0n) is 11.6. The second-order valence-corrected chi connectivity index (χ2v) is 5.27. The molecule has 0 aliphatic heterocycles. The molecule has 106 valence electrons. The quantitative estimate of drug-likeness (QED) is 0.786. The van der Waals surface area contributed by atoms with E-state index in [1.807, 2.05) is 24.3 Å². The average Bonchev–Trinajstić information content (AvgIpc) is 2.86. The molecule has 5 nitrogen and oxygen atoms in total. The van der Waals surface area contributed by atoms with Crippen molar-refractivity contribution in [2.45, 2.75) is 38.3 Å². The fourth-order valence-electron chi connectivity index (χ4n) is 2.73. The van der Waals surface area contributed by atoms with Crippen LogP contribution < -0.4 is 16.4 Å². The smallest absolute Gasteiger partial charge is 0.316 e. The molecule has 1 aliphatic rings. The largest absolute Gasteiger partial charge is 0.351 e. The maximum Gasteiger partial charge on any atom is 0.316 e. The van der Waals surface area contributed by atoms with Crippen LogP contribution in [0.5, 0.6) is 0 Å². The third-order valence-electron chi connectivity index (χ3n) is 3.82. The van der Waals surface area contributed by atoms with E-state index in [-0.39, 0.29) is 18.0 Å². The Labute approximate surface area is 119 Å². The van der Waals surface area contributed by atoms with E-state index in [0.717, 1.165) is 24.8 Å². The zero-order valence-corrected chi connectivity index (χ0v) is 11.6. The van der Waals surface area contributed by atoms with Gasteiger partial charge in [0.15, 0.2) is 0 Å². The molecule has 0 heterocycles. The van der Waals surface area contributed by atoms with Gasteiger partial charge in [0.25, 0.3) is 0 Å². The fraction of sp³-hybridized carbons (Fsp3) is 0.467. The minimum atomic E-state index is -0.563. The molecule has 1 saturated carbocycles. The van der Waals surface area contributed by atoms with Crippen molar-refractivity contribution in [1.29, 1.82) is 5.26 Å². The number of nitrogens with zero attached hydrogens (tertiary/aromatic N) is 1. The van der Waals surface area contributed by atoms with Crippen molar-refractivity contribution in [3.8, 4) is 6.07 Å². The molecule has 1 aromatic carbocycles. The minimum Gasteiger partial charge on any atom is -0.351 e. The topological polar surface area (TPSA) is 90.9 Å². The molecular formula is C15H20N4O. The van der Waals surface area contributed by atoms with Crippen molar-refractivity contribution < 1.29 is 4.79 Å². The van der Waals surface area contributed by atoms with Gasteiger partial charge in [0, 0.05) is 17.8 Å².